The summed E-state index contributed by atoms with van der Waals surface area (Å²) in [6.07, 6.45) is 17.2. The number of nitrogens with one attached hydrogen (secondary N) is 1. The fourth-order valence-corrected chi connectivity index (χ4v) is 4.41. The van der Waals surface area contributed by atoms with Gasteiger partial charge in [0.1, 0.15) is 5.82 Å². The Hall–Kier alpha value is -3.15. The number of allylic oxidation sites excluding steroid dienone is 4. The van der Waals surface area contributed by atoms with Gasteiger partial charge in [-0.2, -0.15) is 4.98 Å². The lowest BCUT2D eigenvalue weighted by Gasteiger charge is -2.19. The molecule has 0 fully saturated rings. The van der Waals surface area contributed by atoms with Crippen LogP contribution in [-0.2, 0) is 6.54 Å². The van der Waals surface area contributed by atoms with Crippen molar-refractivity contribution in [2.45, 2.75) is 58.9 Å². The number of anilines is 3. The van der Waals surface area contributed by atoms with E-state index in [1.165, 1.54) is 12.0 Å². The zero-order chi connectivity index (χ0) is 22.3. The van der Waals surface area contributed by atoms with E-state index in [0.717, 1.165) is 49.6 Å². The molecule has 0 radical (unpaired) electrons. The number of fused-ring (bicyclic) bond motifs is 1. The molecule has 0 saturated heterocycles. The van der Waals surface area contributed by atoms with Gasteiger partial charge in [-0.1, -0.05) is 38.5 Å². The first-order valence-electron chi connectivity index (χ1n) is 11.8. The fourth-order valence-electron chi connectivity index (χ4n) is 4.41. The monoisotopic (exact) mass is 430 g/mol. The van der Waals surface area contributed by atoms with Gasteiger partial charge in [0.15, 0.2) is 0 Å². The molecule has 32 heavy (non-hydrogen) atoms. The second kappa shape index (κ2) is 10.4. The molecule has 0 saturated carbocycles. The van der Waals surface area contributed by atoms with E-state index >= 15 is 0 Å². The van der Waals surface area contributed by atoms with Crippen LogP contribution in [0.5, 0.6) is 0 Å². The summed E-state index contributed by atoms with van der Waals surface area (Å²) in [5, 5.41) is 8.24. The van der Waals surface area contributed by atoms with Gasteiger partial charge < -0.3 is 10.2 Å². The van der Waals surface area contributed by atoms with Gasteiger partial charge in [-0.05, 0) is 68.0 Å². The molecule has 0 amide bonds. The Morgan fingerprint density at radius 3 is 2.75 bits per heavy atom. The van der Waals surface area contributed by atoms with Crippen LogP contribution in [0.2, 0.25) is 0 Å². The van der Waals surface area contributed by atoms with Crippen molar-refractivity contribution in [3.63, 3.8) is 0 Å². The highest BCUT2D eigenvalue weighted by molar-refractivity contribution is 5.82. The lowest BCUT2D eigenvalue weighted by molar-refractivity contribution is 0.413. The molecule has 2 aromatic rings. The van der Waals surface area contributed by atoms with Crippen LogP contribution in [0.15, 0.2) is 65.3 Å². The highest BCUT2D eigenvalue weighted by Crippen LogP contribution is 2.37. The molecule has 2 aliphatic heterocycles. The molecule has 0 aliphatic carbocycles. The van der Waals surface area contributed by atoms with E-state index in [-0.39, 0.29) is 5.92 Å². The summed E-state index contributed by atoms with van der Waals surface area (Å²) in [4.78, 5) is 11.3. The number of aryl methyl sites for hydroxylation is 1. The van der Waals surface area contributed by atoms with E-state index < -0.39 is 0 Å². The Balaban J connectivity index is 1.55. The Bertz CT molecular complexity index is 999. The molecule has 2 aliphatic rings. The van der Waals surface area contributed by atoms with E-state index in [1.807, 2.05) is 23.5 Å². The van der Waals surface area contributed by atoms with Crippen LogP contribution < -0.4 is 10.2 Å². The summed E-state index contributed by atoms with van der Waals surface area (Å²) in [6.45, 7) is 8.27. The maximum atomic E-state index is 4.97. The first kappa shape index (κ1) is 22.1. The van der Waals surface area contributed by atoms with Crippen LogP contribution in [-0.4, -0.2) is 27.6 Å². The highest BCUT2D eigenvalue weighted by Gasteiger charge is 2.28. The second-order valence-electron chi connectivity index (χ2n) is 8.41. The number of hydrogen-bond donors (Lipinski definition) is 1. The Kier molecular flexibility index (Phi) is 7.20. The molecule has 1 aromatic carbocycles. The quantitative estimate of drug-likeness (QED) is 0.531. The smallest absolute Gasteiger partial charge is 0.246 e. The largest absolute Gasteiger partial charge is 0.323 e. The standard InChI is InChI=1S/C26H34N6/c1-4-7-9-21(6-3)24-18-20(5-2)14-17-32-25(24)29-26(30-32)28-22-10-12-23(13-11-22)31-16-8-15-27-19-31/h6-13,16,19-20,24H,4-5,14-15,17-18H2,1-3H3,(H,28,30). The third-order valence-corrected chi connectivity index (χ3v) is 6.29. The van der Waals surface area contributed by atoms with Gasteiger partial charge in [0.05, 0.1) is 12.9 Å². The molecule has 6 heteroatoms. The van der Waals surface area contributed by atoms with Crippen LogP contribution in [0.3, 0.4) is 0 Å². The predicted octanol–water partition coefficient (Wildman–Crippen LogP) is 6.20. The summed E-state index contributed by atoms with van der Waals surface area (Å²) < 4.78 is 2.12. The van der Waals surface area contributed by atoms with Gasteiger partial charge in [0.2, 0.25) is 5.95 Å². The molecule has 0 spiro atoms. The van der Waals surface area contributed by atoms with Crippen molar-refractivity contribution in [1.29, 1.82) is 0 Å². The molecule has 168 valence electrons. The van der Waals surface area contributed by atoms with Gasteiger partial charge in [0, 0.05) is 30.0 Å². The number of benzene rings is 1. The van der Waals surface area contributed by atoms with Gasteiger partial charge in [0.25, 0.3) is 0 Å². The summed E-state index contributed by atoms with van der Waals surface area (Å²) in [5.74, 6) is 2.72. The number of aromatic nitrogens is 3. The van der Waals surface area contributed by atoms with Crippen LogP contribution in [0, 0.1) is 5.92 Å². The van der Waals surface area contributed by atoms with Crippen LogP contribution >= 0.6 is 0 Å². The van der Waals surface area contributed by atoms with Gasteiger partial charge in [-0.25, -0.2) is 4.68 Å². The van der Waals surface area contributed by atoms with Crippen molar-refractivity contribution in [2.75, 3.05) is 16.8 Å². The molecule has 2 atom stereocenters. The Morgan fingerprint density at radius 2 is 2.06 bits per heavy atom. The van der Waals surface area contributed by atoms with Crippen molar-refractivity contribution in [3.05, 3.63) is 66.2 Å². The first-order valence-corrected chi connectivity index (χ1v) is 11.8. The van der Waals surface area contributed by atoms with Crippen molar-refractivity contribution >= 4 is 23.7 Å². The van der Waals surface area contributed by atoms with E-state index in [9.17, 15) is 0 Å². The Labute approximate surface area is 191 Å². The average Bonchev–Trinajstić information content (AvgIpc) is 3.15. The van der Waals surface area contributed by atoms with Crippen molar-refractivity contribution in [3.8, 4) is 0 Å². The van der Waals surface area contributed by atoms with Gasteiger partial charge >= 0.3 is 0 Å². The number of aliphatic imine (C=N–C) groups is 1. The molecule has 4 rings (SSSR count). The van der Waals surface area contributed by atoms with Crippen LogP contribution in [0.25, 0.3) is 0 Å². The molecule has 1 aromatic heterocycles. The van der Waals surface area contributed by atoms with E-state index in [0.29, 0.717) is 11.9 Å². The number of rotatable bonds is 7. The van der Waals surface area contributed by atoms with Crippen molar-refractivity contribution in [1.82, 2.24) is 14.8 Å². The lowest BCUT2D eigenvalue weighted by Crippen LogP contribution is -2.16. The van der Waals surface area contributed by atoms with E-state index in [4.69, 9.17) is 10.1 Å². The minimum Gasteiger partial charge on any atom is -0.323 e. The van der Waals surface area contributed by atoms with E-state index in [1.54, 1.807) is 0 Å². The molecular formula is C26H34N6. The maximum absolute atomic E-state index is 4.97. The van der Waals surface area contributed by atoms with Crippen molar-refractivity contribution < 1.29 is 0 Å². The summed E-state index contributed by atoms with van der Waals surface area (Å²) in [7, 11) is 0. The van der Waals surface area contributed by atoms with Crippen molar-refractivity contribution in [2.24, 2.45) is 10.9 Å². The third-order valence-electron chi connectivity index (χ3n) is 6.29. The summed E-state index contributed by atoms with van der Waals surface area (Å²) >= 11 is 0. The zero-order valence-corrected chi connectivity index (χ0v) is 19.4. The maximum Gasteiger partial charge on any atom is 0.246 e. The van der Waals surface area contributed by atoms with Crippen LogP contribution in [0.1, 0.15) is 58.2 Å². The molecule has 3 heterocycles. The summed E-state index contributed by atoms with van der Waals surface area (Å²) in [5.41, 5.74) is 3.40. The average molecular weight is 431 g/mol. The minimum absolute atomic E-state index is 0.283. The van der Waals surface area contributed by atoms with E-state index in [2.05, 4.69) is 78.3 Å². The molecule has 2 unspecified atom stereocenters. The minimum atomic E-state index is 0.283. The SMILES string of the molecule is CC=C(C=CCC)C1CC(CC)CCn2nc(Nc3ccc(N4C=CCN=C4)cc3)nc21. The van der Waals surface area contributed by atoms with Gasteiger partial charge in [-0.15, -0.1) is 5.10 Å². The number of hydrogen-bond acceptors (Lipinski definition) is 5. The lowest BCUT2D eigenvalue weighted by atomic mass is 9.86. The molecule has 6 nitrogen and oxygen atoms in total. The third kappa shape index (κ3) is 5.01. The Morgan fingerprint density at radius 1 is 1.22 bits per heavy atom. The van der Waals surface area contributed by atoms with Crippen LogP contribution in [0.4, 0.5) is 17.3 Å². The number of nitrogens with zero attached hydrogens (tertiary/aromatic N) is 5. The van der Waals surface area contributed by atoms with Gasteiger partial charge in [-0.3, -0.25) is 4.99 Å². The second-order valence-corrected chi connectivity index (χ2v) is 8.41. The molecular weight excluding hydrogens is 396 g/mol. The zero-order valence-electron chi connectivity index (χ0n) is 19.4. The molecule has 1 N–H and O–H groups in total. The fraction of sp³-hybridized carbons (Fsp3) is 0.423. The molecule has 0 bridgehead atoms. The first-order chi connectivity index (χ1) is 15.7. The highest BCUT2D eigenvalue weighted by atomic mass is 15.4. The normalized spacial score (nSPS) is 21.1. The topological polar surface area (TPSA) is 58.3 Å². The summed E-state index contributed by atoms with van der Waals surface area (Å²) in [6, 6.07) is 8.27. The predicted molar refractivity (Wildman–Crippen MR) is 134 cm³/mol.